The summed E-state index contributed by atoms with van der Waals surface area (Å²) in [5.41, 5.74) is 1.74. The Hall–Kier alpha value is -2.02. The lowest BCUT2D eigenvalue weighted by atomic mass is 10.2. The van der Waals surface area contributed by atoms with E-state index in [1.807, 2.05) is 19.1 Å². The Balaban J connectivity index is 2.38. The highest BCUT2D eigenvalue weighted by atomic mass is 32.2. The van der Waals surface area contributed by atoms with Gasteiger partial charge in [0, 0.05) is 6.07 Å². The van der Waals surface area contributed by atoms with E-state index in [0.717, 1.165) is 11.8 Å². The van der Waals surface area contributed by atoms with Crippen LogP contribution < -0.4 is 4.72 Å². The zero-order valence-electron chi connectivity index (χ0n) is 9.95. The first kappa shape index (κ1) is 12.4. The van der Waals surface area contributed by atoms with Crippen LogP contribution >= 0.6 is 0 Å². The molecule has 6 nitrogen and oxygen atoms in total. The minimum Gasteiger partial charge on any atom is -0.493 e. The number of benzene rings is 1. The predicted octanol–water partition coefficient (Wildman–Crippen LogP) is 1.26. The Morgan fingerprint density at radius 3 is 2.44 bits per heavy atom. The normalized spacial score (nSPS) is 11.4. The van der Waals surface area contributed by atoms with E-state index in [0.29, 0.717) is 5.69 Å². The number of nitrogens with one attached hydrogen (secondary N) is 1. The summed E-state index contributed by atoms with van der Waals surface area (Å²) in [6.07, 6.45) is 1.02. The fraction of sp³-hybridized carbons (Fsp3) is 0.182. The van der Waals surface area contributed by atoms with E-state index < -0.39 is 10.0 Å². The smallest absolute Gasteiger partial charge is 0.231 e. The molecular formula is C11H13N3O3S. The maximum Gasteiger partial charge on any atom is 0.231 e. The number of nitrogens with zero attached hydrogens (tertiary/aromatic N) is 2. The molecule has 0 saturated carbocycles. The molecule has 1 aromatic carbocycles. The lowest BCUT2D eigenvalue weighted by Gasteiger charge is -2.03. The summed E-state index contributed by atoms with van der Waals surface area (Å²) in [5.74, 6) is -0.0550. The van der Waals surface area contributed by atoms with E-state index in [4.69, 9.17) is 0 Å². The van der Waals surface area contributed by atoms with Gasteiger partial charge < -0.3 is 5.11 Å². The molecule has 0 radical (unpaired) electrons. The van der Waals surface area contributed by atoms with Gasteiger partial charge in [-0.05, 0) is 19.1 Å². The fourth-order valence-corrected chi connectivity index (χ4v) is 1.97. The quantitative estimate of drug-likeness (QED) is 0.876. The highest BCUT2D eigenvalue weighted by molar-refractivity contribution is 7.92. The van der Waals surface area contributed by atoms with Crippen LogP contribution in [0.25, 0.3) is 5.69 Å². The molecule has 0 unspecified atom stereocenters. The van der Waals surface area contributed by atoms with Gasteiger partial charge >= 0.3 is 0 Å². The Labute approximate surface area is 105 Å². The summed E-state index contributed by atoms with van der Waals surface area (Å²) in [4.78, 5) is 0. The van der Waals surface area contributed by atoms with Crippen LogP contribution in [-0.2, 0) is 10.0 Å². The molecule has 7 heteroatoms. The van der Waals surface area contributed by atoms with E-state index in [1.54, 1.807) is 12.1 Å². The number of anilines is 1. The van der Waals surface area contributed by atoms with Crippen molar-refractivity contribution in [1.82, 2.24) is 9.78 Å². The molecule has 0 aliphatic heterocycles. The van der Waals surface area contributed by atoms with Gasteiger partial charge in [0.25, 0.3) is 0 Å². The second-order valence-corrected chi connectivity index (χ2v) is 5.76. The molecule has 18 heavy (non-hydrogen) atoms. The van der Waals surface area contributed by atoms with Crippen LogP contribution in [0.4, 0.5) is 5.82 Å². The highest BCUT2D eigenvalue weighted by Gasteiger charge is 2.11. The number of sulfonamides is 1. The molecule has 0 bridgehead atoms. The summed E-state index contributed by atoms with van der Waals surface area (Å²) in [7, 11) is -3.41. The number of hydrogen-bond acceptors (Lipinski definition) is 4. The van der Waals surface area contributed by atoms with Gasteiger partial charge in [-0.1, -0.05) is 17.7 Å². The lowest BCUT2D eigenvalue weighted by Crippen LogP contribution is -2.10. The van der Waals surface area contributed by atoms with Crippen molar-refractivity contribution in [2.24, 2.45) is 0 Å². The molecule has 1 heterocycles. The van der Waals surface area contributed by atoms with Gasteiger partial charge in [0.2, 0.25) is 15.9 Å². The third-order valence-electron chi connectivity index (χ3n) is 2.26. The minimum absolute atomic E-state index is 0.0792. The van der Waals surface area contributed by atoms with E-state index >= 15 is 0 Å². The Bertz CT molecular complexity index is 659. The standard InChI is InChI=1S/C11H13N3O3S/c1-8-3-5-9(6-4-8)14-11(15)7-10(12-14)13-18(2,16)17/h3-7,15H,1-2H3,(H,12,13). The Morgan fingerprint density at radius 1 is 1.28 bits per heavy atom. The molecule has 96 valence electrons. The van der Waals surface area contributed by atoms with Crippen molar-refractivity contribution in [3.8, 4) is 11.6 Å². The van der Waals surface area contributed by atoms with Gasteiger partial charge in [0.05, 0.1) is 11.9 Å². The lowest BCUT2D eigenvalue weighted by molar-refractivity contribution is 0.433. The number of aryl methyl sites for hydroxylation is 1. The molecule has 2 rings (SSSR count). The van der Waals surface area contributed by atoms with Gasteiger partial charge in [-0.25, -0.2) is 8.42 Å². The number of aromatic nitrogens is 2. The molecule has 0 saturated heterocycles. The van der Waals surface area contributed by atoms with Crippen molar-refractivity contribution in [1.29, 1.82) is 0 Å². The predicted molar refractivity (Wildman–Crippen MR) is 68.4 cm³/mol. The van der Waals surface area contributed by atoms with Crippen molar-refractivity contribution in [2.75, 3.05) is 11.0 Å². The third kappa shape index (κ3) is 2.80. The molecule has 0 atom stereocenters. The van der Waals surface area contributed by atoms with Crippen molar-refractivity contribution >= 4 is 15.8 Å². The van der Waals surface area contributed by atoms with E-state index in [-0.39, 0.29) is 11.7 Å². The number of rotatable bonds is 3. The summed E-state index contributed by atoms with van der Waals surface area (Å²) >= 11 is 0. The van der Waals surface area contributed by atoms with Crippen molar-refractivity contribution in [3.05, 3.63) is 35.9 Å². The summed E-state index contributed by atoms with van der Waals surface area (Å²) < 4.78 is 25.6. The maximum absolute atomic E-state index is 11.1. The number of hydrogen-bond donors (Lipinski definition) is 2. The molecular weight excluding hydrogens is 254 g/mol. The van der Waals surface area contributed by atoms with Crippen LogP contribution in [-0.4, -0.2) is 29.6 Å². The molecule has 0 amide bonds. The van der Waals surface area contributed by atoms with Crippen LogP contribution in [0.5, 0.6) is 5.88 Å². The first-order chi connectivity index (χ1) is 8.35. The zero-order chi connectivity index (χ0) is 13.3. The van der Waals surface area contributed by atoms with Crippen LogP contribution in [0.2, 0.25) is 0 Å². The van der Waals surface area contributed by atoms with Gasteiger partial charge in [0.1, 0.15) is 0 Å². The SMILES string of the molecule is Cc1ccc(-n2nc(NS(C)(=O)=O)cc2O)cc1. The summed E-state index contributed by atoms with van der Waals surface area (Å²) in [6, 6.07) is 8.57. The molecule has 2 N–H and O–H groups in total. The van der Waals surface area contributed by atoms with Crippen molar-refractivity contribution in [3.63, 3.8) is 0 Å². The second-order valence-electron chi connectivity index (χ2n) is 4.01. The van der Waals surface area contributed by atoms with Crippen LogP contribution in [0, 0.1) is 6.92 Å². The van der Waals surface area contributed by atoms with Gasteiger partial charge in [-0.3, -0.25) is 4.72 Å². The van der Waals surface area contributed by atoms with Gasteiger partial charge in [-0.15, -0.1) is 5.10 Å². The Kier molecular flexibility index (Phi) is 3.00. The first-order valence-electron chi connectivity index (χ1n) is 5.19. The van der Waals surface area contributed by atoms with Crippen LogP contribution in [0.1, 0.15) is 5.56 Å². The van der Waals surface area contributed by atoms with Gasteiger partial charge in [0.15, 0.2) is 5.82 Å². The summed E-state index contributed by atoms with van der Waals surface area (Å²) in [6.45, 7) is 1.95. The topological polar surface area (TPSA) is 84.2 Å². The average molecular weight is 267 g/mol. The molecule has 2 aromatic rings. The summed E-state index contributed by atoms with van der Waals surface area (Å²) in [5, 5.41) is 13.7. The van der Waals surface area contributed by atoms with E-state index in [9.17, 15) is 13.5 Å². The average Bonchev–Trinajstić information content (AvgIpc) is 2.58. The maximum atomic E-state index is 11.1. The fourth-order valence-electron chi connectivity index (χ4n) is 1.49. The van der Waals surface area contributed by atoms with E-state index in [1.165, 1.54) is 10.7 Å². The molecule has 0 fully saturated rings. The van der Waals surface area contributed by atoms with Gasteiger partial charge in [-0.2, -0.15) is 4.68 Å². The molecule has 1 aromatic heterocycles. The molecule has 0 aliphatic carbocycles. The first-order valence-corrected chi connectivity index (χ1v) is 7.08. The van der Waals surface area contributed by atoms with Crippen LogP contribution in [0.3, 0.4) is 0 Å². The monoisotopic (exact) mass is 267 g/mol. The highest BCUT2D eigenvalue weighted by Crippen LogP contribution is 2.21. The second kappa shape index (κ2) is 4.34. The van der Waals surface area contributed by atoms with E-state index in [2.05, 4.69) is 9.82 Å². The van der Waals surface area contributed by atoms with Crippen LogP contribution in [0.15, 0.2) is 30.3 Å². The van der Waals surface area contributed by atoms with Crippen molar-refractivity contribution in [2.45, 2.75) is 6.92 Å². The minimum atomic E-state index is -3.41. The molecule has 0 spiro atoms. The molecule has 0 aliphatic rings. The Morgan fingerprint density at radius 2 is 1.89 bits per heavy atom. The zero-order valence-corrected chi connectivity index (χ0v) is 10.8. The largest absolute Gasteiger partial charge is 0.493 e. The number of aromatic hydroxyl groups is 1. The third-order valence-corrected chi connectivity index (χ3v) is 2.84. The van der Waals surface area contributed by atoms with Crippen molar-refractivity contribution < 1.29 is 13.5 Å².